The van der Waals surface area contributed by atoms with E-state index in [0.717, 1.165) is 49.5 Å². The summed E-state index contributed by atoms with van der Waals surface area (Å²) in [5.74, 6) is 2.19. The largest absolute Gasteiger partial charge is 0.385 e. The lowest BCUT2D eigenvalue weighted by Gasteiger charge is -2.38. The Morgan fingerprint density at radius 3 is 2.48 bits per heavy atom. The highest BCUT2D eigenvalue weighted by atomic mass is 32.2. The molecule has 0 atom stereocenters. The standard InChI is InChI=1S/C23H28N2OS/c1-24-17-19(21-9-5-6-10-22(21)24)18-27-16-15-25-13-11-23(26,12-14-25)20-7-3-2-4-8-20/h2-10,17,26H,11-16,18H2,1H3. The van der Waals surface area contributed by atoms with Gasteiger partial charge in [-0.05, 0) is 30.0 Å². The van der Waals surface area contributed by atoms with E-state index < -0.39 is 5.60 Å². The van der Waals surface area contributed by atoms with Crippen LogP contribution in [0.1, 0.15) is 24.0 Å². The molecule has 1 aliphatic rings. The second kappa shape index (κ2) is 8.09. The van der Waals surface area contributed by atoms with E-state index in [1.54, 1.807) is 0 Å². The average molecular weight is 381 g/mol. The minimum Gasteiger partial charge on any atom is -0.385 e. The van der Waals surface area contributed by atoms with Crippen molar-refractivity contribution in [1.29, 1.82) is 0 Å². The zero-order chi connectivity index (χ0) is 18.7. The van der Waals surface area contributed by atoms with E-state index in [1.807, 2.05) is 30.0 Å². The van der Waals surface area contributed by atoms with Gasteiger partial charge >= 0.3 is 0 Å². The SMILES string of the molecule is Cn1cc(CSCCN2CCC(O)(c3ccccc3)CC2)c2ccccc21. The predicted octanol–water partition coefficient (Wildman–Crippen LogP) is 4.40. The number of piperidine rings is 1. The van der Waals surface area contributed by atoms with Crippen LogP contribution in [0, 0.1) is 0 Å². The number of likely N-dealkylation sites (tertiary alicyclic amines) is 1. The van der Waals surface area contributed by atoms with Crippen molar-refractivity contribution in [2.75, 3.05) is 25.4 Å². The molecule has 2 heterocycles. The Kier molecular flexibility index (Phi) is 5.58. The molecule has 0 aliphatic carbocycles. The molecule has 1 fully saturated rings. The van der Waals surface area contributed by atoms with E-state index in [-0.39, 0.29) is 0 Å². The Labute approximate surface area is 166 Å². The molecule has 0 saturated carbocycles. The second-order valence-electron chi connectivity index (χ2n) is 7.57. The summed E-state index contributed by atoms with van der Waals surface area (Å²) in [5.41, 5.74) is 3.16. The number of benzene rings is 2. The van der Waals surface area contributed by atoms with Crippen molar-refractivity contribution in [1.82, 2.24) is 9.47 Å². The topological polar surface area (TPSA) is 28.4 Å². The van der Waals surface area contributed by atoms with Crippen LogP contribution in [-0.2, 0) is 18.4 Å². The summed E-state index contributed by atoms with van der Waals surface area (Å²) < 4.78 is 2.22. The molecule has 2 aromatic carbocycles. The summed E-state index contributed by atoms with van der Waals surface area (Å²) in [5, 5.41) is 12.3. The first-order valence-corrected chi connectivity index (χ1v) is 10.9. The fourth-order valence-corrected chi connectivity index (χ4v) is 5.08. The van der Waals surface area contributed by atoms with Crippen LogP contribution in [-0.4, -0.2) is 40.0 Å². The third kappa shape index (κ3) is 4.08. The van der Waals surface area contributed by atoms with Gasteiger partial charge in [0.25, 0.3) is 0 Å². The summed E-state index contributed by atoms with van der Waals surface area (Å²) in [4.78, 5) is 2.49. The van der Waals surface area contributed by atoms with Crippen molar-refractivity contribution in [3.63, 3.8) is 0 Å². The molecule has 1 aromatic heterocycles. The number of hydrogen-bond donors (Lipinski definition) is 1. The molecular weight excluding hydrogens is 352 g/mol. The van der Waals surface area contributed by atoms with Crippen molar-refractivity contribution in [3.8, 4) is 0 Å². The Morgan fingerprint density at radius 1 is 1.00 bits per heavy atom. The molecule has 1 N–H and O–H groups in total. The minimum absolute atomic E-state index is 0.645. The maximum atomic E-state index is 10.9. The first-order valence-electron chi connectivity index (χ1n) is 9.77. The fourth-order valence-electron chi connectivity index (χ4n) is 4.10. The number of rotatable bonds is 6. The predicted molar refractivity (Wildman–Crippen MR) is 115 cm³/mol. The molecule has 1 saturated heterocycles. The van der Waals surface area contributed by atoms with Gasteiger partial charge in [-0.1, -0.05) is 48.5 Å². The van der Waals surface area contributed by atoms with Gasteiger partial charge in [0.05, 0.1) is 5.60 Å². The molecule has 3 nitrogen and oxygen atoms in total. The number of hydrogen-bond acceptors (Lipinski definition) is 3. The maximum Gasteiger partial charge on any atom is 0.0920 e. The highest BCUT2D eigenvalue weighted by Crippen LogP contribution is 2.32. The van der Waals surface area contributed by atoms with E-state index in [9.17, 15) is 5.11 Å². The summed E-state index contributed by atoms with van der Waals surface area (Å²) in [7, 11) is 2.12. The van der Waals surface area contributed by atoms with Crippen LogP contribution >= 0.6 is 11.8 Å². The van der Waals surface area contributed by atoms with Gasteiger partial charge in [-0.3, -0.25) is 0 Å². The van der Waals surface area contributed by atoms with Crippen molar-refractivity contribution >= 4 is 22.7 Å². The van der Waals surface area contributed by atoms with Crippen LogP contribution in [0.15, 0.2) is 60.8 Å². The molecule has 0 amide bonds. The zero-order valence-electron chi connectivity index (χ0n) is 16.0. The molecule has 142 valence electrons. The number of nitrogens with zero attached hydrogens (tertiary/aromatic N) is 2. The highest BCUT2D eigenvalue weighted by molar-refractivity contribution is 7.98. The van der Waals surface area contributed by atoms with Crippen LogP contribution in [0.4, 0.5) is 0 Å². The Hall–Kier alpha value is -1.75. The van der Waals surface area contributed by atoms with Crippen molar-refractivity contribution in [3.05, 3.63) is 71.9 Å². The quantitative estimate of drug-likeness (QED) is 0.643. The molecule has 4 rings (SSSR count). The Morgan fingerprint density at radius 2 is 1.70 bits per heavy atom. The van der Waals surface area contributed by atoms with Crippen molar-refractivity contribution in [2.45, 2.75) is 24.2 Å². The van der Waals surface area contributed by atoms with Crippen LogP contribution in [0.25, 0.3) is 10.9 Å². The lowest BCUT2D eigenvalue weighted by atomic mass is 9.84. The van der Waals surface area contributed by atoms with Gasteiger partial charge in [0, 0.05) is 55.3 Å². The number of fused-ring (bicyclic) bond motifs is 1. The van der Waals surface area contributed by atoms with E-state index in [1.165, 1.54) is 16.5 Å². The van der Waals surface area contributed by atoms with Gasteiger partial charge < -0.3 is 14.6 Å². The van der Waals surface area contributed by atoms with Gasteiger partial charge in [0.1, 0.15) is 0 Å². The third-order valence-corrected chi connectivity index (χ3v) is 6.77. The third-order valence-electron chi connectivity index (χ3n) is 5.78. The molecule has 0 spiro atoms. The maximum absolute atomic E-state index is 10.9. The molecule has 3 aromatic rings. The summed E-state index contributed by atoms with van der Waals surface area (Å²) in [6.45, 7) is 3.04. The number of para-hydroxylation sites is 1. The molecule has 4 heteroatoms. The molecule has 0 bridgehead atoms. The zero-order valence-corrected chi connectivity index (χ0v) is 16.8. The van der Waals surface area contributed by atoms with E-state index in [0.29, 0.717) is 0 Å². The van der Waals surface area contributed by atoms with Crippen molar-refractivity contribution < 1.29 is 5.11 Å². The number of thioether (sulfide) groups is 1. The normalized spacial score (nSPS) is 17.4. The van der Waals surface area contributed by atoms with E-state index in [4.69, 9.17) is 0 Å². The second-order valence-corrected chi connectivity index (χ2v) is 8.68. The summed E-state index contributed by atoms with van der Waals surface area (Å²) in [6.07, 6.45) is 3.91. The monoisotopic (exact) mass is 380 g/mol. The smallest absolute Gasteiger partial charge is 0.0920 e. The number of aromatic nitrogens is 1. The lowest BCUT2D eigenvalue weighted by Crippen LogP contribution is -2.43. The van der Waals surface area contributed by atoms with Gasteiger partial charge in [0.15, 0.2) is 0 Å². The Balaban J connectivity index is 1.25. The van der Waals surface area contributed by atoms with Gasteiger partial charge in [-0.25, -0.2) is 0 Å². The van der Waals surface area contributed by atoms with E-state index in [2.05, 4.69) is 59.1 Å². The van der Waals surface area contributed by atoms with Crippen LogP contribution in [0.5, 0.6) is 0 Å². The van der Waals surface area contributed by atoms with Crippen LogP contribution in [0.2, 0.25) is 0 Å². The molecule has 0 radical (unpaired) electrons. The highest BCUT2D eigenvalue weighted by Gasteiger charge is 2.33. The molecule has 27 heavy (non-hydrogen) atoms. The van der Waals surface area contributed by atoms with Crippen LogP contribution in [0.3, 0.4) is 0 Å². The number of aryl methyl sites for hydroxylation is 1. The average Bonchev–Trinajstić information content (AvgIpc) is 3.03. The number of aliphatic hydroxyl groups is 1. The molecule has 1 aliphatic heterocycles. The van der Waals surface area contributed by atoms with Gasteiger partial charge in [-0.2, -0.15) is 11.8 Å². The first-order chi connectivity index (χ1) is 13.2. The Bertz CT molecular complexity index is 882. The summed E-state index contributed by atoms with van der Waals surface area (Å²) in [6, 6.07) is 18.8. The van der Waals surface area contributed by atoms with Gasteiger partial charge in [0.2, 0.25) is 0 Å². The summed E-state index contributed by atoms with van der Waals surface area (Å²) >= 11 is 2.01. The molecular formula is C23H28N2OS. The first kappa shape index (κ1) is 18.6. The van der Waals surface area contributed by atoms with Gasteiger partial charge in [-0.15, -0.1) is 0 Å². The lowest BCUT2D eigenvalue weighted by molar-refractivity contribution is -0.0244. The van der Waals surface area contributed by atoms with Crippen molar-refractivity contribution in [2.24, 2.45) is 7.05 Å². The molecule has 0 unspecified atom stereocenters. The minimum atomic E-state index is -0.645. The van der Waals surface area contributed by atoms with E-state index >= 15 is 0 Å². The fraction of sp³-hybridized carbons (Fsp3) is 0.391. The van der Waals surface area contributed by atoms with Crippen LogP contribution < -0.4 is 0 Å².